The molecule has 1 aliphatic rings. The lowest BCUT2D eigenvalue weighted by molar-refractivity contribution is 0.589. The van der Waals surface area contributed by atoms with Crippen molar-refractivity contribution in [2.24, 2.45) is 0 Å². The minimum absolute atomic E-state index is 0.206. The third-order valence-corrected chi connectivity index (χ3v) is 4.24. The van der Waals surface area contributed by atoms with Gasteiger partial charge in [-0.05, 0) is 46.7 Å². The van der Waals surface area contributed by atoms with Crippen LogP contribution >= 0.6 is 11.6 Å². The summed E-state index contributed by atoms with van der Waals surface area (Å²) in [5.74, 6) is 0. The molecule has 1 atom stereocenters. The average molecular weight is 286 g/mol. The average Bonchev–Trinajstić information content (AvgIpc) is 2.80. The number of hydrogen-bond donors (Lipinski definition) is 1. The summed E-state index contributed by atoms with van der Waals surface area (Å²) in [6, 6.07) is 15.4. The van der Waals surface area contributed by atoms with Gasteiger partial charge in [-0.15, -0.1) is 0 Å². The molecule has 0 saturated heterocycles. The van der Waals surface area contributed by atoms with E-state index < -0.39 is 0 Å². The Morgan fingerprint density at radius 3 is 2.40 bits per heavy atom. The number of anilines is 1. The number of halogens is 1. The fourth-order valence-corrected chi connectivity index (χ4v) is 2.94. The number of nitrogens with one attached hydrogen (secondary N) is 1. The summed E-state index contributed by atoms with van der Waals surface area (Å²) < 4.78 is 0. The predicted octanol–water partition coefficient (Wildman–Crippen LogP) is 5.35. The number of benzene rings is 2. The van der Waals surface area contributed by atoms with Gasteiger partial charge in [0.25, 0.3) is 0 Å². The zero-order valence-electron chi connectivity index (χ0n) is 12.2. The molecule has 1 heterocycles. The first kappa shape index (κ1) is 13.5. The lowest BCUT2D eigenvalue weighted by Gasteiger charge is -2.20. The minimum atomic E-state index is 0.206. The zero-order chi connectivity index (χ0) is 14.3. The van der Waals surface area contributed by atoms with E-state index in [-0.39, 0.29) is 5.41 Å². The topological polar surface area (TPSA) is 12.0 Å². The summed E-state index contributed by atoms with van der Waals surface area (Å²) in [6.07, 6.45) is 1.00. The highest BCUT2D eigenvalue weighted by atomic mass is 35.5. The third kappa shape index (κ3) is 2.55. The summed E-state index contributed by atoms with van der Waals surface area (Å²) in [6.45, 7) is 6.73. The van der Waals surface area contributed by atoms with Crippen molar-refractivity contribution in [3.05, 3.63) is 64.2 Å². The van der Waals surface area contributed by atoms with Crippen LogP contribution in [-0.4, -0.2) is 0 Å². The van der Waals surface area contributed by atoms with E-state index in [1.165, 1.54) is 22.4 Å². The van der Waals surface area contributed by atoms with Gasteiger partial charge in [0.1, 0.15) is 0 Å². The lowest BCUT2D eigenvalue weighted by Crippen LogP contribution is -2.12. The van der Waals surface area contributed by atoms with Crippen molar-refractivity contribution in [1.29, 1.82) is 0 Å². The van der Waals surface area contributed by atoms with Crippen molar-refractivity contribution >= 4 is 17.3 Å². The molecule has 104 valence electrons. The van der Waals surface area contributed by atoms with Gasteiger partial charge in [-0.1, -0.05) is 56.6 Å². The lowest BCUT2D eigenvalue weighted by atomic mass is 9.86. The van der Waals surface area contributed by atoms with Crippen molar-refractivity contribution < 1.29 is 0 Å². The van der Waals surface area contributed by atoms with Gasteiger partial charge < -0.3 is 5.32 Å². The molecule has 0 bridgehead atoms. The van der Waals surface area contributed by atoms with E-state index in [1.807, 2.05) is 6.07 Å². The maximum absolute atomic E-state index is 6.06. The van der Waals surface area contributed by atoms with Crippen LogP contribution in [0.1, 0.15) is 43.5 Å². The Morgan fingerprint density at radius 1 is 1.05 bits per heavy atom. The molecule has 0 spiro atoms. The molecule has 0 saturated carbocycles. The Morgan fingerprint density at radius 2 is 1.75 bits per heavy atom. The van der Waals surface area contributed by atoms with Crippen molar-refractivity contribution in [2.45, 2.75) is 38.6 Å². The van der Waals surface area contributed by atoms with E-state index in [1.54, 1.807) is 0 Å². The van der Waals surface area contributed by atoms with E-state index in [0.717, 1.165) is 11.4 Å². The summed E-state index contributed by atoms with van der Waals surface area (Å²) in [5, 5.41) is 4.39. The quantitative estimate of drug-likeness (QED) is 0.745. The predicted molar refractivity (Wildman–Crippen MR) is 86.7 cm³/mol. The van der Waals surface area contributed by atoms with Crippen molar-refractivity contribution in [3.8, 4) is 0 Å². The first-order valence-electron chi connectivity index (χ1n) is 7.09. The molecule has 0 amide bonds. The molecule has 1 aliphatic heterocycles. The van der Waals surface area contributed by atoms with Crippen LogP contribution in [0.4, 0.5) is 5.69 Å². The molecule has 1 nitrogen and oxygen atoms in total. The van der Waals surface area contributed by atoms with E-state index in [4.69, 9.17) is 11.6 Å². The first-order chi connectivity index (χ1) is 9.43. The van der Waals surface area contributed by atoms with Gasteiger partial charge in [0.05, 0.1) is 6.04 Å². The molecule has 1 unspecified atom stereocenters. The largest absolute Gasteiger partial charge is 0.378 e. The molecule has 0 radical (unpaired) electrons. The van der Waals surface area contributed by atoms with Crippen LogP contribution in [0.5, 0.6) is 0 Å². The van der Waals surface area contributed by atoms with Gasteiger partial charge in [0.2, 0.25) is 0 Å². The van der Waals surface area contributed by atoms with Crippen LogP contribution in [0.15, 0.2) is 42.5 Å². The molecule has 20 heavy (non-hydrogen) atoms. The maximum atomic E-state index is 6.06. The van der Waals surface area contributed by atoms with Crippen LogP contribution in [-0.2, 0) is 11.8 Å². The fourth-order valence-electron chi connectivity index (χ4n) is 2.75. The van der Waals surface area contributed by atoms with Gasteiger partial charge in [0, 0.05) is 10.7 Å². The van der Waals surface area contributed by atoms with Crippen LogP contribution in [0.2, 0.25) is 5.02 Å². The summed E-state index contributed by atoms with van der Waals surface area (Å²) >= 11 is 6.06. The van der Waals surface area contributed by atoms with Gasteiger partial charge in [0.15, 0.2) is 0 Å². The van der Waals surface area contributed by atoms with Crippen LogP contribution in [0.3, 0.4) is 0 Å². The first-order valence-corrected chi connectivity index (χ1v) is 7.47. The van der Waals surface area contributed by atoms with E-state index >= 15 is 0 Å². The second kappa shape index (κ2) is 4.82. The molecule has 0 fully saturated rings. The number of fused-ring (bicyclic) bond motifs is 1. The summed E-state index contributed by atoms with van der Waals surface area (Å²) in [4.78, 5) is 0. The Labute approximate surface area is 126 Å². The standard InChI is InChI=1S/C18H20ClN/c1-18(2,3)14-6-4-12(5-7-14)17-11-13-10-15(19)8-9-16(13)20-17/h4-10,17,20H,11H2,1-3H3. The monoisotopic (exact) mass is 285 g/mol. The SMILES string of the molecule is CC(C)(C)c1ccc(C2Cc3cc(Cl)ccc3N2)cc1. The Balaban J connectivity index is 1.83. The number of hydrogen-bond acceptors (Lipinski definition) is 1. The van der Waals surface area contributed by atoms with Crippen molar-refractivity contribution in [2.75, 3.05) is 5.32 Å². The molecular weight excluding hydrogens is 266 g/mol. The molecular formula is C18H20ClN. The molecule has 0 aliphatic carbocycles. The third-order valence-electron chi connectivity index (χ3n) is 4.00. The molecule has 0 aromatic heterocycles. The summed E-state index contributed by atoms with van der Waals surface area (Å²) in [5.41, 5.74) is 5.44. The van der Waals surface area contributed by atoms with Crippen LogP contribution < -0.4 is 5.32 Å². The van der Waals surface area contributed by atoms with Gasteiger partial charge in [-0.25, -0.2) is 0 Å². The molecule has 1 N–H and O–H groups in total. The molecule has 2 aromatic rings. The van der Waals surface area contributed by atoms with Crippen molar-refractivity contribution in [1.82, 2.24) is 0 Å². The second-order valence-corrected chi connectivity index (χ2v) is 7.01. The fraction of sp³-hybridized carbons (Fsp3) is 0.333. The van der Waals surface area contributed by atoms with E-state index in [0.29, 0.717) is 6.04 Å². The van der Waals surface area contributed by atoms with Crippen LogP contribution in [0.25, 0.3) is 0 Å². The molecule has 2 heteroatoms. The Bertz CT molecular complexity index is 623. The molecule has 3 rings (SSSR count). The smallest absolute Gasteiger partial charge is 0.0555 e. The van der Waals surface area contributed by atoms with E-state index in [9.17, 15) is 0 Å². The highest BCUT2D eigenvalue weighted by molar-refractivity contribution is 6.30. The minimum Gasteiger partial charge on any atom is -0.378 e. The van der Waals surface area contributed by atoms with Gasteiger partial charge in [-0.3, -0.25) is 0 Å². The maximum Gasteiger partial charge on any atom is 0.0555 e. The molecule has 2 aromatic carbocycles. The number of rotatable bonds is 1. The normalized spacial score (nSPS) is 17.7. The van der Waals surface area contributed by atoms with Crippen molar-refractivity contribution in [3.63, 3.8) is 0 Å². The zero-order valence-corrected chi connectivity index (χ0v) is 13.0. The van der Waals surface area contributed by atoms with E-state index in [2.05, 4.69) is 62.5 Å². The Hall–Kier alpha value is -1.47. The highest BCUT2D eigenvalue weighted by Gasteiger charge is 2.22. The van der Waals surface area contributed by atoms with Gasteiger partial charge in [-0.2, -0.15) is 0 Å². The van der Waals surface area contributed by atoms with Crippen LogP contribution in [0, 0.1) is 0 Å². The van der Waals surface area contributed by atoms with Gasteiger partial charge >= 0.3 is 0 Å². The Kier molecular flexibility index (Phi) is 3.25. The second-order valence-electron chi connectivity index (χ2n) is 6.57. The highest BCUT2D eigenvalue weighted by Crippen LogP contribution is 2.36. The summed E-state index contributed by atoms with van der Waals surface area (Å²) in [7, 11) is 0.